The molecule has 0 aliphatic heterocycles. The molecule has 0 saturated carbocycles. The largest absolute Gasteiger partial charge is 0.300 e. The smallest absolute Gasteiger partial charge is 0.241 e. The molecule has 0 unspecified atom stereocenters. The lowest BCUT2D eigenvalue weighted by Gasteiger charge is -2.04. The fourth-order valence-electron chi connectivity index (χ4n) is 2.08. The number of nitrogens with one attached hydrogen (secondary N) is 1. The summed E-state index contributed by atoms with van der Waals surface area (Å²) in [5, 5.41) is 11.6. The van der Waals surface area contributed by atoms with E-state index in [4.69, 9.17) is 0 Å². The molecule has 1 N–H and O–H groups in total. The number of amides is 1. The van der Waals surface area contributed by atoms with Gasteiger partial charge in [0.05, 0.1) is 4.90 Å². The van der Waals surface area contributed by atoms with Crippen LogP contribution in [-0.2, 0) is 14.6 Å². The molecule has 0 bridgehead atoms. The van der Waals surface area contributed by atoms with Crippen LogP contribution in [0, 0.1) is 0 Å². The molecular weight excluding hydrogens is 334 g/mol. The van der Waals surface area contributed by atoms with Gasteiger partial charge in [-0.05, 0) is 18.6 Å². The molecule has 1 aromatic heterocycles. The summed E-state index contributed by atoms with van der Waals surface area (Å²) in [7, 11) is -3.65. The van der Waals surface area contributed by atoms with E-state index in [2.05, 4.69) is 29.4 Å². The fraction of sp³-hybridized carbons (Fsp3) is 0.400. The van der Waals surface area contributed by atoms with Crippen molar-refractivity contribution in [2.45, 2.75) is 37.5 Å². The molecule has 1 aromatic carbocycles. The first-order valence-corrected chi connectivity index (χ1v) is 9.80. The number of hydrogen-bond acceptors (Lipinski definition) is 6. The zero-order valence-corrected chi connectivity index (χ0v) is 14.7. The highest BCUT2D eigenvalue weighted by molar-refractivity contribution is 7.92. The third-order valence-electron chi connectivity index (χ3n) is 3.25. The normalized spacial score (nSPS) is 12.8. The van der Waals surface area contributed by atoms with Crippen LogP contribution in [0.5, 0.6) is 0 Å². The number of aromatic nitrogens is 2. The second-order valence-corrected chi connectivity index (χ2v) is 8.25. The molecule has 23 heavy (non-hydrogen) atoms. The summed E-state index contributed by atoms with van der Waals surface area (Å²) in [6.45, 7) is 4.14. The van der Waals surface area contributed by atoms with Crippen LogP contribution >= 0.6 is 11.3 Å². The molecule has 2 rings (SSSR count). The Morgan fingerprint density at radius 2 is 1.96 bits per heavy atom. The first-order chi connectivity index (χ1) is 10.9. The predicted molar refractivity (Wildman–Crippen MR) is 90.4 cm³/mol. The first-order valence-electron chi connectivity index (χ1n) is 7.33. The lowest BCUT2D eigenvalue weighted by molar-refractivity contribution is -0.113. The Morgan fingerprint density at radius 1 is 1.26 bits per heavy atom. The van der Waals surface area contributed by atoms with Crippen molar-refractivity contribution >= 4 is 32.2 Å². The Labute approximate surface area is 139 Å². The molecule has 2 aromatic rings. The maximum Gasteiger partial charge on any atom is 0.241 e. The van der Waals surface area contributed by atoms with E-state index < -0.39 is 21.5 Å². The standard InChI is InChI=1S/C15H19N3O3S2/c1-3-7-11(2)14-17-18-15(22-14)16-13(19)10-23(20,21)12-8-5-4-6-9-12/h4-6,8-9,11H,3,7,10H2,1-2H3,(H,16,18,19)/t11-/m1/s1. The molecule has 124 valence electrons. The average molecular weight is 353 g/mol. The molecular formula is C15H19N3O3S2. The molecule has 1 heterocycles. The van der Waals surface area contributed by atoms with Crippen LogP contribution in [0.15, 0.2) is 35.2 Å². The summed E-state index contributed by atoms with van der Waals surface area (Å²) in [6, 6.07) is 7.91. The van der Waals surface area contributed by atoms with Crippen LogP contribution in [0.1, 0.15) is 37.6 Å². The minimum absolute atomic E-state index is 0.129. The van der Waals surface area contributed by atoms with Crippen molar-refractivity contribution in [1.29, 1.82) is 0 Å². The van der Waals surface area contributed by atoms with Crippen LogP contribution in [-0.4, -0.2) is 30.3 Å². The highest BCUT2D eigenvalue weighted by Crippen LogP contribution is 2.26. The molecule has 0 aliphatic carbocycles. The zero-order chi connectivity index (χ0) is 16.9. The van der Waals surface area contributed by atoms with Crippen molar-refractivity contribution in [3.63, 3.8) is 0 Å². The van der Waals surface area contributed by atoms with Crippen molar-refractivity contribution < 1.29 is 13.2 Å². The summed E-state index contributed by atoms with van der Waals surface area (Å²) in [5.74, 6) is -0.952. The number of benzene rings is 1. The molecule has 1 amide bonds. The molecule has 1 atom stereocenters. The van der Waals surface area contributed by atoms with E-state index >= 15 is 0 Å². The molecule has 6 nitrogen and oxygen atoms in total. The highest BCUT2D eigenvalue weighted by Gasteiger charge is 2.20. The van der Waals surface area contributed by atoms with E-state index in [0.717, 1.165) is 17.8 Å². The number of carbonyl (C=O) groups is 1. The summed E-state index contributed by atoms with van der Waals surface area (Å²) < 4.78 is 24.3. The van der Waals surface area contributed by atoms with Gasteiger partial charge in [-0.3, -0.25) is 10.1 Å². The van der Waals surface area contributed by atoms with Gasteiger partial charge in [-0.2, -0.15) is 0 Å². The molecule has 0 aliphatic rings. The lowest BCUT2D eigenvalue weighted by atomic mass is 10.1. The Kier molecular flexibility index (Phi) is 5.84. The van der Waals surface area contributed by atoms with E-state index in [0.29, 0.717) is 5.13 Å². The fourth-order valence-corrected chi connectivity index (χ4v) is 4.08. The van der Waals surface area contributed by atoms with Gasteiger partial charge in [0, 0.05) is 5.92 Å². The third kappa shape index (κ3) is 4.84. The van der Waals surface area contributed by atoms with E-state index in [1.54, 1.807) is 18.2 Å². The van der Waals surface area contributed by atoms with Crippen LogP contribution in [0.2, 0.25) is 0 Å². The maximum atomic E-state index is 12.1. The van der Waals surface area contributed by atoms with Gasteiger partial charge < -0.3 is 0 Å². The molecule has 0 saturated heterocycles. The number of sulfone groups is 1. The first kappa shape index (κ1) is 17.6. The van der Waals surface area contributed by atoms with Crippen molar-refractivity contribution in [2.75, 3.05) is 11.1 Å². The molecule has 8 heteroatoms. The Morgan fingerprint density at radius 3 is 2.61 bits per heavy atom. The van der Waals surface area contributed by atoms with E-state index in [-0.39, 0.29) is 10.8 Å². The number of hydrogen-bond donors (Lipinski definition) is 1. The van der Waals surface area contributed by atoms with Crippen molar-refractivity contribution in [3.8, 4) is 0 Å². The van der Waals surface area contributed by atoms with Crippen molar-refractivity contribution in [1.82, 2.24) is 10.2 Å². The van der Waals surface area contributed by atoms with E-state index in [1.807, 2.05) is 0 Å². The number of anilines is 1. The van der Waals surface area contributed by atoms with Gasteiger partial charge in [-0.1, -0.05) is 49.8 Å². The second-order valence-electron chi connectivity index (χ2n) is 5.26. The van der Waals surface area contributed by atoms with Gasteiger partial charge in [0.1, 0.15) is 10.8 Å². The van der Waals surface area contributed by atoms with Gasteiger partial charge in [-0.15, -0.1) is 10.2 Å². The SMILES string of the molecule is CCC[C@@H](C)c1nnc(NC(=O)CS(=O)(=O)c2ccccc2)s1. The quantitative estimate of drug-likeness (QED) is 0.827. The zero-order valence-electron chi connectivity index (χ0n) is 13.0. The molecule has 0 fully saturated rings. The van der Waals surface area contributed by atoms with Crippen LogP contribution in [0.4, 0.5) is 5.13 Å². The van der Waals surface area contributed by atoms with Gasteiger partial charge in [0.2, 0.25) is 11.0 Å². The lowest BCUT2D eigenvalue weighted by Crippen LogP contribution is -2.22. The molecule has 0 radical (unpaired) electrons. The Balaban J connectivity index is 2.00. The number of carbonyl (C=O) groups excluding carboxylic acids is 1. The van der Waals surface area contributed by atoms with Crippen LogP contribution in [0.3, 0.4) is 0 Å². The Bertz CT molecular complexity index is 757. The predicted octanol–water partition coefficient (Wildman–Crippen LogP) is 2.85. The highest BCUT2D eigenvalue weighted by atomic mass is 32.2. The second kappa shape index (κ2) is 7.65. The summed E-state index contributed by atoms with van der Waals surface area (Å²) in [4.78, 5) is 12.1. The minimum atomic E-state index is -3.65. The minimum Gasteiger partial charge on any atom is -0.300 e. The summed E-state index contributed by atoms with van der Waals surface area (Å²) >= 11 is 1.28. The van der Waals surface area contributed by atoms with Gasteiger partial charge in [0.25, 0.3) is 0 Å². The van der Waals surface area contributed by atoms with Gasteiger partial charge >= 0.3 is 0 Å². The van der Waals surface area contributed by atoms with E-state index in [9.17, 15) is 13.2 Å². The van der Waals surface area contributed by atoms with Gasteiger partial charge in [-0.25, -0.2) is 8.42 Å². The number of rotatable bonds is 7. The molecule has 0 spiro atoms. The topological polar surface area (TPSA) is 89.0 Å². The third-order valence-corrected chi connectivity index (χ3v) is 5.96. The van der Waals surface area contributed by atoms with Crippen LogP contribution < -0.4 is 5.32 Å². The maximum absolute atomic E-state index is 12.1. The average Bonchev–Trinajstić information content (AvgIpc) is 2.96. The van der Waals surface area contributed by atoms with Gasteiger partial charge in [0.15, 0.2) is 9.84 Å². The summed E-state index contributed by atoms with van der Waals surface area (Å²) in [5.41, 5.74) is 0. The Hall–Kier alpha value is -1.80. The van der Waals surface area contributed by atoms with Crippen molar-refractivity contribution in [2.24, 2.45) is 0 Å². The summed E-state index contributed by atoms with van der Waals surface area (Å²) in [6.07, 6.45) is 2.03. The van der Waals surface area contributed by atoms with Crippen molar-refractivity contribution in [3.05, 3.63) is 35.3 Å². The van der Waals surface area contributed by atoms with Crippen LogP contribution in [0.25, 0.3) is 0 Å². The monoisotopic (exact) mass is 353 g/mol. The number of nitrogens with zero attached hydrogens (tertiary/aromatic N) is 2. The van der Waals surface area contributed by atoms with E-state index in [1.165, 1.54) is 23.5 Å².